The Morgan fingerprint density at radius 1 is 1.00 bits per heavy atom. The maximum Gasteiger partial charge on any atom is 0.266 e. The fourth-order valence-corrected chi connectivity index (χ4v) is 5.12. The number of nitrogens with zero attached hydrogens (tertiary/aromatic N) is 3. The predicted octanol–water partition coefficient (Wildman–Crippen LogP) is 6.02. The van der Waals surface area contributed by atoms with E-state index in [1.807, 2.05) is 89.8 Å². The number of aromatic amines is 1. The number of para-hydroxylation sites is 2. The van der Waals surface area contributed by atoms with E-state index < -0.39 is 0 Å². The molecule has 0 radical (unpaired) electrons. The van der Waals surface area contributed by atoms with E-state index in [-0.39, 0.29) is 5.91 Å². The lowest BCUT2D eigenvalue weighted by atomic mass is 10.1. The molecule has 8 heteroatoms. The van der Waals surface area contributed by atoms with Crippen LogP contribution in [0.2, 0.25) is 0 Å². The van der Waals surface area contributed by atoms with Crippen LogP contribution in [0.15, 0.2) is 94.5 Å². The number of rotatable bonds is 5. The SMILES string of the molecule is O=C1/C(=C/c2ccc(-c3ccc(-n4cccc4)cc3)o2)SC(=S)N1Cc1nc2ccccc2[nH]1. The van der Waals surface area contributed by atoms with Gasteiger partial charge in [-0.05, 0) is 60.7 Å². The number of carbonyl (C=O) groups is 1. The van der Waals surface area contributed by atoms with Gasteiger partial charge >= 0.3 is 0 Å². The molecule has 5 aromatic rings. The number of furan rings is 1. The van der Waals surface area contributed by atoms with Crippen molar-refractivity contribution in [1.29, 1.82) is 0 Å². The van der Waals surface area contributed by atoms with Crippen molar-refractivity contribution in [3.8, 4) is 17.0 Å². The first-order valence-electron chi connectivity index (χ1n) is 10.7. The fraction of sp³-hybridized carbons (Fsp3) is 0.0385. The van der Waals surface area contributed by atoms with Gasteiger partial charge in [-0.2, -0.15) is 0 Å². The van der Waals surface area contributed by atoms with Gasteiger partial charge in [-0.15, -0.1) is 0 Å². The number of aromatic nitrogens is 3. The molecular formula is C26H18N4O2S2. The molecule has 1 aliphatic heterocycles. The summed E-state index contributed by atoms with van der Waals surface area (Å²) in [4.78, 5) is 22.9. The quantitative estimate of drug-likeness (QED) is 0.245. The van der Waals surface area contributed by atoms with E-state index in [9.17, 15) is 4.79 Å². The molecule has 4 heterocycles. The van der Waals surface area contributed by atoms with Crippen LogP contribution < -0.4 is 0 Å². The zero-order valence-electron chi connectivity index (χ0n) is 17.8. The molecule has 1 N–H and O–H groups in total. The van der Waals surface area contributed by atoms with Crippen molar-refractivity contribution in [2.45, 2.75) is 6.54 Å². The van der Waals surface area contributed by atoms with Gasteiger partial charge in [0.15, 0.2) is 0 Å². The molecule has 0 saturated carbocycles. The normalized spacial score (nSPS) is 15.2. The Hall–Kier alpha value is -3.88. The molecule has 2 aromatic carbocycles. The predicted molar refractivity (Wildman–Crippen MR) is 138 cm³/mol. The summed E-state index contributed by atoms with van der Waals surface area (Å²) in [5, 5.41) is 0. The second-order valence-electron chi connectivity index (χ2n) is 7.81. The van der Waals surface area contributed by atoms with Gasteiger partial charge in [0.1, 0.15) is 21.7 Å². The van der Waals surface area contributed by atoms with Crippen LogP contribution in [0.25, 0.3) is 34.1 Å². The van der Waals surface area contributed by atoms with Crippen LogP contribution in [0.4, 0.5) is 0 Å². The summed E-state index contributed by atoms with van der Waals surface area (Å²) in [7, 11) is 0. The highest BCUT2D eigenvalue weighted by atomic mass is 32.2. The number of carbonyl (C=O) groups excluding carboxylic acids is 1. The molecule has 3 aromatic heterocycles. The van der Waals surface area contributed by atoms with Crippen molar-refractivity contribution in [2.24, 2.45) is 0 Å². The molecule has 0 bridgehead atoms. The number of fused-ring (bicyclic) bond motifs is 1. The number of thioether (sulfide) groups is 1. The first-order valence-corrected chi connectivity index (χ1v) is 11.9. The first-order chi connectivity index (χ1) is 16.6. The van der Waals surface area contributed by atoms with Gasteiger partial charge in [0, 0.05) is 29.7 Å². The molecule has 0 aliphatic carbocycles. The minimum Gasteiger partial charge on any atom is -0.457 e. The monoisotopic (exact) mass is 482 g/mol. The third-order valence-corrected chi connectivity index (χ3v) is 6.95. The van der Waals surface area contributed by atoms with Gasteiger partial charge in [-0.25, -0.2) is 4.98 Å². The van der Waals surface area contributed by atoms with Crippen molar-refractivity contribution in [3.05, 3.63) is 102 Å². The van der Waals surface area contributed by atoms with Crippen molar-refractivity contribution in [1.82, 2.24) is 19.4 Å². The average molecular weight is 483 g/mol. The molecule has 6 rings (SSSR count). The topological polar surface area (TPSA) is 67.1 Å². The minimum absolute atomic E-state index is 0.149. The highest BCUT2D eigenvalue weighted by Crippen LogP contribution is 2.34. The van der Waals surface area contributed by atoms with E-state index in [0.29, 0.717) is 27.4 Å². The molecule has 0 spiro atoms. The second kappa shape index (κ2) is 8.48. The number of hydrogen-bond donors (Lipinski definition) is 1. The van der Waals surface area contributed by atoms with Gasteiger partial charge in [0.05, 0.1) is 22.5 Å². The zero-order valence-corrected chi connectivity index (χ0v) is 19.5. The second-order valence-corrected chi connectivity index (χ2v) is 9.48. The van der Waals surface area contributed by atoms with Crippen LogP contribution >= 0.6 is 24.0 Å². The number of hydrogen-bond acceptors (Lipinski definition) is 5. The van der Waals surface area contributed by atoms with E-state index in [1.165, 1.54) is 11.8 Å². The smallest absolute Gasteiger partial charge is 0.266 e. The largest absolute Gasteiger partial charge is 0.457 e. The molecule has 1 amide bonds. The molecule has 1 saturated heterocycles. The summed E-state index contributed by atoms with van der Waals surface area (Å²) in [6.45, 7) is 0.299. The van der Waals surface area contributed by atoms with Crippen LogP contribution in [0.1, 0.15) is 11.6 Å². The summed E-state index contributed by atoms with van der Waals surface area (Å²) in [5.41, 5.74) is 3.84. The molecule has 1 fully saturated rings. The standard InChI is InChI=1S/C26H18N4O2S2/c31-25-23(34-26(33)30(25)16-24-27-20-5-1-2-6-21(20)28-24)15-19-11-12-22(32-19)17-7-9-18(10-8-17)29-13-3-4-14-29/h1-15H,16H2,(H,27,28)/b23-15-. The van der Waals surface area contributed by atoms with Gasteiger partial charge in [-0.1, -0.05) is 36.1 Å². The average Bonchev–Trinajstić information content (AvgIpc) is 3.65. The summed E-state index contributed by atoms with van der Waals surface area (Å²) in [5.74, 6) is 1.89. The first kappa shape index (κ1) is 20.7. The van der Waals surface area contributed by atoms with E-state index in [4.69, 9.17) is 16.6 Å². The van der Waals surface area contributed by atoms with Crippen LogP contribution in [-0.4, -0.2) is 29.7 Å². The van der Waals surface area contributed by atoms with E-state index in [1.54, 1.807) is 11.0 Å². The lowest BCUT2D eigenvalue weighted by Gasteiger charge is -2.12. The molecule has 1 aliphatic rings. The Bertz CT molecular complexity index is 1510. The molecule has 6 nitrogen and oxygen atoms in total. The number of benzene rings is 2. The maximum absolute atomic E-state index is 13.0. The summed E-state index contributed by atoms with van der Waals surface area (Å²) < 4.78 is 8.56. The Morgan fingerprint density at radius 2 is 1.79 bits per heavy atom. The molecule has 0 unspecified atom stereocenters. The Morgan fingerprint density at radius 3 is 2.59 bits per heavy atom. The zero-order chi connectivity index (χ0) is 23.1. The summed E-state index contributed by atoms with van der Waals surface area (Å²) >= 11 is 6.74. The molecule has 0 atom stereocenters. The number of thiocarbonyl (C=S) groups is 1. The van der Waals surface area contributed by atoms with Gasteiger partial charge < -0.3 is 14.0 Å². The fourth-order valence-electron chi connectivity index (χ4n) is 3.89. The Labute approximate surface area is 204 Å². The lowest BCUT2D eigenvalue weighted by Crippen LogP contribution is -2.27. The Balaban J connectivity index is 1.19. The number of imidazole rings is 1. The van der Waals surface area contributed by atoms with Crippen molar-refractivity contribution < 1.29 is 9.21 Å². The van der Waals surface area contributed by atoms with Crippen molar-refractivity contribution in [3.63, 3.8) is 0 Å². The highest BCUT2D eigenvalue weighted by Gasteiger charge is 2.33. The molecule has 166 valence electrons. The van der Waals surface area contributed by atoms with Crippen LogP contribution in [0.3, 0.4) is 0 Å². The van der Waals surface area contributed by atoms with Crippen LogP contribution in [-0.2, 0) is 11.3 Å². The highest BCUT2D eigenvalue weighted by molar-refractivity contribution is 8.26. The van der Waals surface area contributed by atoms with E-state index in [2.05, 4.69) is 9.97 Å². The van der Waals surface area contributed by atoms with Crippen molar-refractivity contribution in [2.75, 3.05) is 0 Å². The van der Waals surface area contributed by atoms with Gasteiger partial charge in [-0.3, -0.25) is 9.69 Å². The van der Waals surface area contributed by atoms with E-state index >= 15 is 0 Å². The summed E-state index contributed by atoms with van der Waals surface area (Å²) in [6.07, 6.45) is 5.75. The van der Waals surface area contributed by atoms with E-state index in [0.717, 1.165) is 28.0 Å². The van der Waals surface area contributed by atoms with Crippen LogP contribution in [0, 0.1) is 0 Å². The Kier molecular flexibility index (Phi) is 5.16. The number of nitrogens with one attached hydrogen (secondary N) is 1. The summed E-state index contributed by atoms with van der Waals surface area (Å²) in [6, 6.07) is 23.6. The number of H-pyrrole nitrogens is 1. The number of amides is 1. The van der Waals surface area contributed by atoms with Gasteiger partial charge in [0.2, 0.25) is 0 Å². The molecule has 34 heavy (non-hydrogen) atoms. The van der Waals surface area contributed by atoms with Gasteiger partial charge in [0.25, 0.3) is 5.91 Å². The van der Waals surface area contributed by atoms with Crippen LogP contribution in [0.5, 0.6) is 0 Å². The lowest BCUT2D eigenvalue weighted by molar-refractivity contribution is -0.122. The minimum atomic E-state index is -0.149. The maximum atomic E-state index is 13.0. The van der Waals surface area contributed by atoms with Crippen molar-refractivity contribution >= 4 is 51.3 Å². The third-order valence-electron chi connectivity index (χ3n) is 5.57. The third kappa shape index (κ3) is 3.87. The molecular weight excluding hydrogens is 464 g/mol.